The summed E-state index contributed by atoms with van der Waals surface area (Å²) in [4.78, 5) is 14.3. The van der Waals surface area contributed by atoms with E-state index in [2.05, 4.69) is 10.4 Å². The van der Waals surface area contributed by atoms with Crippen LogP contribution in [0.5, 0.6) is 0 Å². The first-order valence-corrected chi connectivity index (χ1v) is 12.7. The van der Waals surface area contributed by atoms with Gasteiger partial charge in [0.15, 0.2) is 0 Å². The van der Waals surface area contributed by atoms with Gasteiger partial charge in [-0.05, 0) is 49.9 Å². The Morgan fingerprint density at radius 1 is 1.30 bits per heavy atom. The molecule has 1 fully saturated rings. The molecule has 1 N–H and O–H groups in total. The van der Waals surface area contributed by atoms with Crippen LogP contribution in [0, 0.1) is 12.8 Å². The second kappa shape index (κ2) is 8.30. The number of hydrogen-bond acceptors (Lipinski definition) is 5. The molecule has 1 aliphatic rings. The SMILES string of the molecule is Cc1nn(-c2cccc(Cl)c2)c2sc(C(=O)NCC3CCN(S(C)(=O)=O)CC3)cc12. The Balaban J connectivity index is 1.45. The Morgan fingerprint density at radius 2 is 2.03 bits per heavy atom. The Labute approximate surface area is 184 Å². The molecule has 3 aromatic rings. The summed E-state index contributed by atoms with van der Waals surface area (Å²) in [5, 5.41) is 9.18. The van der Waals surface area contributed by atoms with E-state index in [9.17, 15) is 13.2 Å². The fourth-order valence-corrected chi connectivity index (χ4v) is 5.87. The first kappa shape index (κ1) is 21.3. The molecular weight excluding hydrogens is 444 g/mol. The zero-order valence-electron chi connectivity index (χ0n) is 16.8. The number of rotatable bonds is 5. The number of benzene rings is 1. The van der Waals surface area contributed by atoms with Crippen molar-refractivity contribution >= 4 is 49.1 Å². The summed E-state index contributed by atoms with van der Waals surface area (Å²) in [6.07, 6.45) is 2.74. The minimum absolute atomic E-state index is 0.112. The number of carbonyl (C=O) groups excluding carboxylic acids is 1. The van der Waals surface area contributed by atoms with Gasteiger partial charge in [0.2, 0.25) is 10.0 Å². The molecule has 0 atom stereocenters. The largest absolute Gasteiger partial charge is 0.351 e. The van der Waals surface area contributed by atoms with E-state index in [0.717, 1.165) is 34.4 Å². The van der Waals surface area contributed by atoms with Gasteiger partial charge in [-0.2, -0.15) is 5.10 Å². The first-order valence-electron chi connectivity index (χ1n) is 9.71. The third-order valence-corrected chi connectivity index (χ3v) is 8.06. The van der Waals surface area contributed by atoms with Gasteiger partial charge < -0.3 is 5.32 Å². The maximum Gasteiger partial charge on any atom is 0.261 e. The van der Waals surface area contributed by atoms with Crippen LogP contribution in [0.3, 0.4) is 0 Å². The monoisotopic (exact) mass is 466 g/mol. The predicted molar refractivity (Wildman–Crippen MR) is 120 cm³/mol. The van der Waals surface area contributed by atoms with Crippen LogP contribution in [-0.2, 0) is 10.0 Å². The van der Waals surface area contributed by atoms with Gasteiger partial charge >= 0.3 is 0 Å². The lowest BCUT2D eigenvalue weighted by molar-refractivity contribution is 0.0945. The molecule has 30 heavy (non-hydrogen) atoms. The Bertz CT molecular complexity index is 1190. The summed E-state index contributed by atoms with van der Waals surface area (Å²) in [5.41, 5.74) is 1.71. The minimum Gasteiger partial charge on any atom is -0.351 e. The zero-order valence-corrected chi connectivity index (χ0v) is 19.1. The molecule has 0 spiro atoms. The van der Waals surface area contributed by atoms with Gasteiger partial charge in [0.05, 0.1) is 22.5 Å². The molecule has 1 aromatic carbocycles. The van der Waals surface area contributed by atoms with Gasteiger partial charge in [-0.25, -0.2) is 17.4 Å². The van der Waals surface area contributed by atoms with Crippen molar-refractivity contribution in [2.45, 2.75) is 19.8 Å². The van der Waals surface area contributed by atoms with E-state index in [1.165, 1.54) is 21.9 Å². The summed E-state index contributed by atoms with van der Waals surface area (Å²) in [6.45, 7) is 3.49. The summed E-state index contributed by atoms with van der Waals surface area (Å²) in [7, 11) is -3.13. The Kier molecular flexibility index (Phi) is 5.89. The molecule has 4 rings (SSSR count). The quantitative estimate of drug-likeness (QED) is 0.624. The highest BCUT2D eigenvalue weighted by molar-refractivity contribution is 7.88. The highest BCUT2D eigenvalue weighted by Crippen LogP contribution is 2.31. The second-order valence-corrected chi connectivity index (χ2v) is 11.1. The van der Waals surface area contributed by atoms with Crippen molar-refractivity contribution in [2.24, 2.45) is 5.92 Å². The van der Waals surface area contributed by atoms with E-state index < -0.39 is 10.0 Å². The third-order valence-electron chi connectivity index (χ3n) is 5.42. The third kappa shape index (κ3) is 4.39. The normalized spacial score (nSPS) is 16.2. The van der Waals surface area contributed by atoms with E-state index in [4.69, 9.17) is 11.6 Å². The summed E-state index contributed by atoms with van der Waals surface area (Å²) in [6, 6.07) is 9.34. The molecule has 0 aliphatic carbocycles. The molecule has 1 amide bonds. The molecule has 1 aliphatic heterocycles. The number of sulfonamides is 1. The lowest BCUT2D eigenvalue weighted by atomic mass is 9.98. The predicted octanol–water partition coefficient (Wildman–Crippen LogP) is 3.45. The standard InChI is InChI=1S/C20H23ClN4O3S2/c1-13-17-11-18(29-20(17)25(23-13)16-5-3-4-15(21)10-16)19(26)22-12-14-6-8-24(9-7-14)30(2,27)28/h3-5,10-11,14H,6-9,12H2,1-2H3,(H,22,26). The lowest BCUT2D eigenvalue weighted by Crippen LogP contribution is -2.41. The number of halogens is 1. The fourth-order valence-electron chi connectivity index (χ4n) is 3.71. The molecule has 160 valence electrons. The Hall–Kier alpha value is -1.94. The number of aryl methyl sites for hydroxylation is 1. The van der Waals surface area contributed by atoms with Gasteiger partial charge in [-0.1, -0.05) is 17.7 Å². The van der Waals surface area contributed by atoms with Gasteiger partial charge in [0.25, 0.3) is 5.91 Å². The van der Waals surface area contributed by atoms with E-state index in [1.54, 1.807) is 0 Å². The number of nitrogens with one attached hydrogen (secondary N) is 1. The molecule has 7 nitrogen and oxygen atoms in total. The van der Waals surface area contributed by atoms with Crippen LogP contribution in [0.1, 0.15) is 28.2 Å². The highest BCUT2D eigenvalue weighted by atomic mass is 35.5. The van der Waals surface area contributed by atoms with Crippen molar-refractivity contribution in [1.29, 1.82) is 0 Å². The molecule has 0 bridgehead atoms. The highest BCUT2D eigenvalue weighted by Gasteiger charge is 2.25. The molecule has 1 saturated heterocycles. The number of amides is 1. The average molecular weight is 467 g/mol. The molecule has 2 aromatic heterocycles. The van der Waals surface area contributed by atoms with Crippen LogP contribution < -0.4 is 5.32 Å². The lowest BCUT2D eigenvalue weighted by Gasteiger charge is -2.30. The van der Waals surface area contributed by atoms with Crippen LogP contribution in [-0.4, -0.2) is 54.3 Å². The van der Waals surface area contributed by atoms with E-state index in [0.29, 0.717) is 29.5 Å². The van der Waals surface area contributed by atoms with Crippen molar-refractivity contribution in [3.8, 4) is 5.69 Å². The average Bonchev–Trinajstić information content (AvgIpc) is 3.26. The molecule has 3 heterocycles. The maximum absolute atomic E-state index is 12.7. The first-order chi connectivity index (χ1) is 14.2. The van der Waals surface area contributed by atoms with Gasteiger partial charge in [0, 0.05) is 30.0 Å². The van der Waals surface area contributed by atoms with Crippen molar-refractivity contribution < 1.29 is 13.2 Å². The van der Waals surface area contributed by atoms with Crippen LogP contribution in [0.15, 0.2) is 30.3 Å². The molecule has 0 radical (unpaired) electrons. The number of piperidine rings is 1. The van der Waals surface area contributed by atoms with E-state index in [-0.39, 0.29) is 11.8 Å². The van der Waals surface area contributed by atoms with Crippen molar-refractivity contribution in [1.82, 2.24) is 19.4 Å². The van der Waals surface area contributed by atoms with Gasteiger partial charge in [0.1, 0.15) is 4.83 Å². The van der Waals surface area contributed by atoms with Crippen LogP contribution >= 0.6 is 22.9 Å². The number of fused-ring (bicyclic) bond motifs is 1. The summed E-state index contributed by atoms with van der Waals surface area (Å²) >= 11 is 7.52. The number of hydrogen-bond donors (Lipinski definition) is 1. The van der Waals surface area contributed by atoms with Gasteiger partial charge in [-0.15, -0.1) is 11.3 Å². The van der Waals surface area contributed by atoms with Crippen LogP contribution in [0.25, 0.3) is 15.9 Å². The summed E-state index contributed by atoms with van der Waals surface area (Å²) < 4.78 is 26.6. The minimum atomic E-state index is -3.13. The number of carbonyl (C=O) groups is 1. The number of nitrogens with zero attached hydrogens (tertiary/aromatic N) is 3. The molecule has 10 heteroatoms. The topological polar surface area (TPSA) is 84.3 Å². The van der Waals surface area contributed by atoms with Crippen molar-refractivity contribution in [2.75, 3.05) is 25.9 Å². The van der Waals surface area contributed by atoms with E-state index >= 15 is 0 Å². The molecule has 0 unspecified atom stereocenters. The number of thiophene rings is 1. The van der Waals surface area contributed by atoms with E-state index in [1.807, 2.05) is 41.9 Å². The molecule has 0 saturated carbocycles. The zero-order chi connectivity index (χ0) is 21.5. The molecular formula is C20H23ClN4O3S2. The van der Waals surface area contributed by atoms with Gasteiger partial charge in [-0.3, -0.25) is 4.79 Å². The van der Waals surface area contributed by atoms with Crippen molar-refractivity contribution in [3.05, 3.63) is 45.9 Å². The van der Waals surface area contributed by atoms with Crippen LogP contribution in [0.4, 0.5) is 0 Å². The second-order valence-electron chi connectivity index (χ2n) is 7.62. The number of aromatic nitrogens is 2. The smallest absolute Gasteiger partial charge is 0.261 e. The van der Waals surface area contributed by atoms with Crippen molar-refractivity contribution in [3.63, 3.8) is 0 Å². The maximum atomic E-state index is 12.7. The fraction of sp³-hybridized carbons (Fsp3) is 0.400. The Morgan fingerprint density at radius 3 is 2.70 bits per heavy atom. The summed E-state index contributed by atoms with van der Waals surface area (Å²) in [5.74, 6) is 0.170. The van der Waals surface area contributed by atoms with Crippen LogP contribution in [0.2, 0.25) is 5.02 Å².